The first-order valence-corrected chi connectivity index (χ1v) is 10.5. The first-order valence-electron chi connectivity index (χ1n) is 10.5. The first-order chi connectivity index (χ1) is 15.0. The molecule has 0 aliphatic carbocycles. The van der Waals surface area contributed by atoms with E-state index < -0.39 is 6.10 Å². The minimum atomic E-state index is -0.725. The monoisotopic (exact) mass is 414 g/mol. The molecule has 0 radical (unpaired) electrons. The van der Waals surface area contributed by atoms with Gasteiger partial charge < -0.3 is 15.0 Å². The maximum atomic E-state index is 13.2. The molecular weight excluding hydrogens is 388 g/mol. The Labute approximate surface area is 182 Å². The smallest absolute Gasteiger partial charge is 0.268 e. The Balaban J connectivity index is 1.47. The van der Waals surface area contributed by atoms with Crippen LogP contribution in [0.2, 0.25) is 0 Å². The highest BCUT2D eigenvalue weighted by atomic mass is 16.5. The van der Waals surface area contributed by atoms with Crippen molar-refractivity contribution in [2.45, 2.75) is 39.0 Å². The summed E-state index contributed by atoms with van der Waals surface area (Å²) in [4.78, 5) is 27.8. The molecule has 0 bridgehead atoms. The van der Waals surface area contributed by atoms with Gasteiger partial charge in [-0.2, -0.15) is 0 Å². The summed E-state index contributed by atoms with van der Waals surface area (Å²) in [6.07, 6.45) is 0.101. The van der Waals surface area contributed by atoms with Crippen LogP contribution in [0.3, 0.4) is 0 Å². The van der Waals surface area contributed by atoms with Crippen LogP contribution in [0, 0.1) is 0 Å². The fraction of sp³-hybridized carbons (Fsp3) is 0.231. The van der Waals surface area contributed by atoms with E-state index in [1.165, 1.54) is 0 Å². The summed E-state index contributed by atoms with van der Waals surface area (Å²) < 4.78 is 6.00. The van der Waals surface area contributed by atoms with E-state index in [1.54, 1.807) is 36.1 Å². The molecule has 0 spiro atoms. The molecule has 5 heteroatoms. The number of carbonyl (C=O) groups is 2. The van der Waals surface area contributed by atoms with Crippen molar-refractivity contribution in [2.75, 3.05) is 4.90 Å². The van der Waals surface area contributed by atoms with Crippen LogP contribution in [0.1, 0.15) is 35.3 Å². The molecule has 0 saturated heterocycles. The first kappa shape index (κ1) is 20.7. The third-order valence-electron chi connectivity index (χ3n) is 5.52. The molecule has 3 aromatic carbocycles. The zero-order chi connectivity index (χ0) is 21.8. The molecule has 1 N–H and O–H groups in total. The van der Waals surface area contributed by atoms with Crippen LogP contribution < -0.4 is 15.0 Å². The Morgan fingerprint density at radius 1 is 1.00 bits per heavy atom. The summed E-state index contributed by atoms with van der Waals surface area (Å²) in [5, 5.41) is 2.92. The molecule has 5 nitrogen and oxygen atoms in total. The van der Waals surface area contributed by atoms with Gasteiger partial charge in [-0.1, -0.05) is 60.7 Å². The number of nitrogens with zero attached hydrogens (tertiary/aromatic N) is 1. The summed E-state index contributed by atoms with van der Waals surface area (Å²) >= 11 is 0. The number of benzene rings is 3. The summed E-state index contributed by atoms with van der Waals surface area (Å²) in [5.74, 6) is 0.0463. The number of carbonyl (C=O) groups excluding carboxylic acids is 2. The molecule has 0 aromatic heterocycles. The molecule has 4 rings (SSSR count). The van der Waals surface area contributed by atoms with E-state index in [0.29, 0.717) is 17.9 Å². The molecule has 31 heavy (non-hydrogen) atoms. The normalized spacial score (nSPS) is 15.8. The fourth-order valence-corrected chi connectivity index (χ4v) is 3.97. The van der Waals surface area contributed by atoms with Crippen molar-refractivity contribution in [3.63, 3.8) is 0 Å². The molecule has 1 aliphatic rings. The van der Waals surface area contributed by atoms with Crippen molar-refractivity contribution < 1.29 is 14.3 Å². The molecular formula is C26H26N2O3. The van der Waals surface area contributed by atoms with E-state index >= 15 is 0 Å². The topological polar surface area (TPSA) is 58.6 Å². The summed E-state index contributed by atoms with van der Waals surface area (Å²) in [7, 11) is 0. The van der Waals surface area contributed by atoms with E-state index in [1.807, 2.05) is 55.5 Å². The van der Waals surface area contributed by atoms with Crippen molar-refractivity contribution in [2.24, 2.45) is 0 Å². The lowest BCUT2D eigenvalue weighted by Crippen LogP contribution is -2.43. The zero-order valence-corrected chi connectivity index (χ0v) is 17.7. The van der Waals surface area contributed by atoms with Gasteiger partial charge in [-0.3, -0.25) is 9.59 Å². The van der Waals surface area contributed by atoms with Crippen molar-refractivity contribution in [3.05, 3.63) is 95.6 Å². The Hall–Kier alpha value is -3.60. The Morgan fingerprint density at radius 2 is 1.68 bits per heavy atom. The lowest BCUT2D eigenvalue weighted by Gasteiger charge is -2.26. The fourth-order valence-electron chi connectivity index (χ4n) is 3.97. The number of hydrogen-bond acceptors (Lipinski definition) is 3. The van der Waals surface area contributed by atoms with Gasteiger partial charge in [0.1, 0.15) is 5.75 Å². The number of rotatable bonds is 6. The second kappa shape index (κ2) is 9.04. The van der Waals surface area contributed by atoms with Gasteiger partial charge in [0.25, 0.3) is 11.8 Å². The standard InChI is InChI=1S/C26H26N2O3/c1-18-16-21-12-6-8-14-23(21)28(18)26(30)19(2)31-24-15-9-7-13-22(24)25(29)27-17-20-10-4-3-5-11-20/h3-15,18-19H,16-17H2,1-2H3,(H,27,29)/t18-,19+/m0/s1. The summed E-state index contributed by atoms with van der Waals surface area (Å²) in [6.45, 7) is 4.19. The lowest BCUT2D eigenvalue weighted by molar-refractivity contribution is -0.124. The molecule has 0 fully saturated rings. The quantitative estimate of drug-likeness (QED) is 0.652. The van der Waals surface area contributed by atoms with Gasteiger partial charge in [-0.05, 0) is 49.6 Å². The number of anilines is 1. The molecule has 3 aromatic rings. The van der Waals surface area contributed by atoms with E-state index in [9.17, 15) is 9.59 Å². The SMILES string of the molecule is C[C@@H](Oc1ccccc1C(=O)NCc1ccccc1)C(=O)N1c2ccccc2C[C@@H]1C. The molecule has 2 amide bonds. The van der Waals surface area contributed by atoms with Gasteiger partial charge in [0.05, 0.1) is 5.56 Å². The molecule has 1 heterocycles. The predicted molar refractivity (Wildman–Crippen MR) is 121 cm³/mol. The number of amides is 2. The van der Waals surface area contributed by atoms with E-state index in [2.05, 4.69) is 11.4 Å². The second-order valence-electron chi connectivity index (χ2n) is 7.81. The summed E-state index contributed by atoms with van der Waals surface area (Å²) in [5.41, 5.74) is 3.52. The van der Waals surface area contributed by atoms with Crippen LogP contribution >= 0.6 is 0 Å². The van der Waals surface area contributed by atoms with E-state index in [4.69, 9.17) is 4.74 Å². The van der Waals surface area contributed by atoms with Gasteiger partial charge in [-0.15, -0.1) is 0 Å². The van der Waals surface area contributed by atoms with Crippen LogP contribution in [0.15, 0.2) is 78.9 Å². The van der Waals surface area contributed by atoms with Crippen molar-refractivity contribution in [3.8, 4) is 5.75 Å². The number of fused-ring (bicyclic) bond motifs is 1. The van der Waals surface area contributed by atoms with Crippen molar-refractivity contribution in [1.82, 2.24) is 5.32 Å². The average Bonchev–Trinajstić information content (AvgIpc) is 3.13. The highest BCUT2D eigenvalue weighted by Crippen LogP contribution is 2.33. The van der Waals surface area contributed by atoms with Crippen LogP contribution in [0.5, 0.6) is 5.75 Å². The molecule has 0 unspecified atom stereocenters. The van der Waals surface area contributed by atoms with Crippen LogP contribution in [0.4, 0.5) is 5.69 Å². The van der Waals surface area contributed by atoms with Gasteiger partial charge in [-0.25, -0.2) is 0 Å². The second-order valence-corrected chi connectivity index (χ2v) is 7.81. The Morgan fingerprint density at radius 3 is 2.48 bits per heavy atom. The highest BCUT2D eigenvalue weighted by Gasteiger charge is 2.34. The van der Waals surface area contributed by atoms with Gasteiger partial charge >= 0.3 is 0 Å². The minimum absolute atomic E-state index is 0.0698. The number of hydrogen-bond donors (Lipinski definition) is 1. The number of nitrogens with one attached hydrogen (secondary N) is 1. The molecule has 0 saturated carbocycles. The molecule has 2 atom stereocenters. The molecule has 1 aliphatic heterocycles. The van der Waals surface area contributed by atoms with Gasteiger partial charge in [0.15, 0.2) is 6.10 Å². The lowest BCUT2D eigenvalue weighted by atomic mass is 10.1. The number of para-hydroxylation sites is 2. The molecule has 158 valence electrons. The highest BCUT2D eigenvalue weighted by molar-refractivity contribution is 6.00. The average molecular weight is 415 g/mol. The maximum absolute atomic E-state index is 13.2. The predicted octanol–water partition coefficient (Wildman–Crippen LogP) is 4.36. The van der Waals surface area contributed by atoms with E-state index in [-0.39, 0.29) is 17.9 Å². The summed E-state index contributed by atoms with van der Waals surface area (Å²) in [6, 6.07) is 24.8. The Kier molecular flexibility index (Phi) is 6.03. The van der Waals surface area contributed by atoms with Crippen molar-refractivity contribution in [1.29, 1.82) is 0 Å². The zero-order valence-electron chi connectivity index (χ0n) is 17.7. The third kappa shape index (κ3) is 4.45. The van der Waals surface area contributed by atoms with E-state index in [0.717, 1.165) is 23.2 Å². The number of ether oxygens (including phenoxy) is 1. The van der Waals surface area contributed by atoms with Gasteiger partial charge in [0.2, 0.25) is 0 Å². The minimum Gasteiger partial charge on any atom is -0.480 e. The Bertz CT molecular complexity index is 1080. The third-order valence-corrected chi connectivity index (χ3v) is 5.52. The van der Waals surface area contributed by atoms with Gasteiger partial charge in [0, 0.05) is 18.3 Å². The maximum Gasteiger partial charge on any atom is 0.268 e. The van der Waals surface area contributed by atoms with Crippen LogP contribution in [-0.4, -0.2) is 24.0 Å². The van der Waals surface area contributed by atoms with Crippen molar-refractivity contribution >= 4 is 17.5 Å². The van der Waals surface area contributed by atoms with Crippen LogP contribution in [-0.2, 0) is 17.8 Å². The van der Waals surface area contributed by atoms with Crippen LogP contribution in [0.25, 0.3) is 0 Å². The largest absolute Gasteiger partial charge is 0.480 e.